The van der Waals surface area contributed by atoms with Gasteiger partial charge in [0.15, 0.2) is 0 Å². The number of nitrogens with one attached hydrogen (secondary N) is 1. The molecule has 0 saturated carbocycles. The van der Waals surface area contributed by atoms with E-state index < -0.39 is 0 Å². The number of hydrogen-bond acceptors (Lipinski definition) is 2. The Labute approximate surface area is 117 Å². The van der Waals surface area contributed by atoms with Crippen molar-refractivity contribution < 1.29 is 0 Å². The number of benzene rings is 1. The van der Waals surface area contributed by atoms with Crippen LogP contribution >= 0.6 is 11.8 Å². The fourth-order valence-corrected chi connectivity index (χ4v) is 3.05. The zero-order chi connectivity index (χ0) is 13.4. The SMILES string of the molecule is CCCNC(CSCCC)c1cc(C)ccc1C. The van der Waals surface area contributed by atoms with Gasteiger partial charge in [0.05, 0.1) is 0 Å². The van der Waals surface area contributed by atoms with Gasteiger partial charge in [-0.15, -0.1) is 0 Å². The molecule has 1 unspecified atom stereocenters. The smallest absolute Gasteiger partial charge is 0.0414 e. The van der Waals surface area contributed by atoms with Gasteiger partial charge >= 0.3 is 0 Å². The molecule has 1 nitrogen and oxygen atoms in total. The van der Waals surface area contributed by atoms with Crippen molar-refractivity contribution >= 4 is 11.8 Å². The standard InChI is InChI=1S/C16H27NS/c1-5-9-17-16(12-18-10-6-2)15-11-13(3)7-8-14(15)4/h7-8,11,16-17H,5-6,9-10,12H2,1-4H3. The summed E-state index contributed by atoms with van der Waals surface area (Å²) in [7, 11) is 0. The van der Waals surface area contributed by atoms with Gasteiger partial charge in [-0.3, -0.25) is 0 Å². The van der Waals surface area contributed by atoms with Crippen molar-refractivity contribution in [1.82, 2.24) is 5.32 Å². The van der Waals surface area contributed by atoms with Crippen LogP contribution in [-0.4, -0.2) is 18.1 Å². The molecular formula is C16H27NS. The first kappa shape index (κ1) is 15.6. The largest absolute Gasteiger partial charge is 0.309 e. The van der Waals surface area contributed by atoms with E-state index in [1.165, 1.54) is 41.0 Å². The first-order valence-corrected chi connectivity index (χ1v) is 8.22. The quantitative estimate of drug-likeness (QED) is 0.695. The van der Waals surface area contributed by atoms with E-state index in [0.29, 0.717) is 6.04 Å². The molecule has 0 aliphatic rings. The average Bonchev–Trinajstić information content (AvgIpc) is 2.37. The monoisotopic (exact) mass is 265 g/mol. The van der Waals surface area contributed by atoms with Gasteiger partial charge in [0.1, 0.15) is 0 Å². The predicted molar refractivity (Wildman–Crippen MR) is 84.6 cm³/mol. The molecule has 1 aromatic carbocycles. The van der Waals surface area contributed by atoms with Gasteiger partial charge in [0.2, 0.25) is 0 Å². The average molecular weight is 265 g/mol. The molecule has 2 heteroatoms. The van der Waals surface area contributed by atoms with Crippen molar-refractivity contribution in [3.63, 3.8) is 0 Å². The van der Waals surface area contributed by atoms with Gasteiger partial charge < -0.3 is 5.32 Å². The molecule has 1 rings (SSSR count). The Hall–Kier alpha value is -0.470. The lowest BCUT2D eigenvalue weighted by Gasteiger charge is -2.21. The highest BCUT2D eigenvalue weighted by atomic mass is 32.2. The second-order valence-corrected chi connectivity index (χ2v) is 6.09. The zero-order valence-electron chi connectivity index (χ0n) is 12.3. The first-order valence-electron chi connectivity index (χ1n) is 7.07. The molecule has 1 N–H and O–H groups in total. The molecule has 0 bridgehead atoms. The molecule has 0 aliphatic carbocycles. The third-order valence-corrected chi connectivity index (χ3v) is 4.35. The van der Waals surface area contributed by atoms with Crippen LogP contribution in [0.25, 0.3) is 0 Å². The Balaban J connectivity index is 2.75. The van der Waals surface area contributed by atoms with Gasteiger partial charge in [0.25, 0.3) is 0 Å². The van der Waals surface area contributed by atoms with Crippen LogP contribution < -0.4 is 5.32 Å². The minimum atomic E-state index is 0.501. The van der Waals surface area contributed by atoms with Crippen LogP contribution in [0.1, 0.15) is 49.4 Å². The van der Waals surface area contributed by atoms with Gasteiger partial charge in [-0.25, -0.2) is 0 Å². The van der Waals surface area contributed by atoms with Crippen molar-refractivity contribution in [2.24, 2.45) is 0 Å². The van der Waals surface area contributed by atoms with Crippen LogP contribution in [0.4, 0.5) is 0 Å². The molecule has 0 fully saturated rings. The minimum Gasteiger partial charge on any atom is -0.309 e. The molecule has 0 spiro atoms. The highest BCUT2D eigenvalue weighted by Crippen LogP contribution is 2.23. The highest BCUT2D eigenvalue weighted by molar-refractivity contribution is 7.99. The Morgan fingerprint density at radius 2 is 1.94 bits per heavy atom. The van der Waals surface area contributed by atoms with E-state index in [0.717, 1.165) is 6.54 Å². The molecule has 1 atom stereocenters. The minimum absolute atomic E-state index is 0.501. The van der Waals surface area contributed by atoms with Crippen molar-refractivity contribution in [3.05, 3.63) is 34.9 Å². The lowest BCUT2D eigenvalue weighted by molar-refractivity contribution is 0.575. The molecule has 1 aromatic rings. The van der Waals surface area contributed by atoms with Crippen molar-refractivity contribution in [3.8, 4) is 0 Å². The van der Waals surface area contributed by atoms with Gasteiger partial charge in [0, 0.05) is 11.8 Å². The molecule has 0 amide bonds. The van der Waals surface area contributed by atoms with E-state index in [4.69, 9.17) is 0 Å². The maximum atomic E-state index is 3.69. The lowest BCUT2D eigenvalue weighted by atomic mass is 10.00. The summed E-state index contributed by atoms with van der Waals surface area (Å²) in [6.07, 6.45) is 2.46. The Kier molecular flexibility index (Phi) is 7.45. The number of rotatable bonds is 8. The molecule has 0 radical (unpaired) electrons. The molecule has 102 valence electrons. The van der Waals surface area contributed by atoms with Gasteiger partial charge in [-0.2, -0.15) is 11.8 Å². The molecule has 0 saturated heterocycles. The maximum Gasteiger partial charge on any atom is 0.0414 e. The second-order valence-electron chi connectivity index (χ2n) is 4.94. The fourth-order valence-electron chi connectivity index (χ4n) is 2.06. The summed E-state index contributed by atoms with van der Waals surface area (Å²) in [6, 6.07) is 7.29. The molecule has 0 aliphatic heterocycles. The van der Waals surface area contributed by atoms with E-state index in [-0.39, 0.29) is 0 Å². The van der Waals surface area contributed by atoms with E-state index in [1.54, 1.807) is 0 Å². The lowest BCUT2D eigenvalue weighted by Crippen LogP contribution is -2.25. The Morgan fingerprint density at radius 1 is 1.17 bits per heavy atom. The van der Waals surface area contributed by atoms with Crippen LogP contribution in [0, 0.1) is 13.8 Å². The fraction of sp³-hybridized carbons (Fsp3) is 0.625. The van der Waals surface area contributed by atoms with Crippen LogP contribution in [-0.2, 0) is 0 Å². The first-order chi connectivity index (χ1) is 8.69. The number of thioether (sulfide) groups is 1. The predicted octanol–water partition coefficient (Wildman–Crippen LogP) is 4.49. The molecule has 0 heterocycles. The van der Waals surface area contributed by atoms with Crippen molar-refractivity contribution in [1.29, 1.82) is 0 Å². The number of aryl methyl sites for hydroxylation is 2. The van der Waals surface area contributed by atoms with E-state index in [9.17, 15) is 0 Å². The third-order valence-electron chi connectivity index (χ3n) is 3.08. The summed E-state index contributed by atoms with van der Waals surface area (Å²) in [5, 5.41) is 3.69. The van der Waals surface area contributed by atoms with Crippen LogP contribution in [0.2, 0.25) is 0 Å². The summed E-state index contributed by atoms with van der Waals surface area (Å²) in [4.78, 5) is 0. The molecule has 18 heavy (non-hydrogen) atoms. The second kappa shape index (κ2) is 8.60. The van der Waals surface area contributed by atoms with Gasteiger partial charge in [-0.05, 0) is 50.1 Å². The van der Waals surface area contributed by atoms with E-state index >= 15 is 0 Å². The van der Waals surface area contributed by atoms with Gasteiger partial charge in [-0.1, -0.05) is 37.6 Å². The van der Waals surface area contributed by atoms with E-state index in [2.05, 4.69) is 63.0 Å². The number of hydrogen-bond donors (Lipinski definition) is 1. The summed E-state index contributed by atoms with van der Waals surface area (Å²) >= 11 is 2.06. The Morgan fingerprint density at radius 3 is 2.61 bits per heavy atom. The van der Waals surface area contributed by atoms with Crippen LogP contribution in [0.5, 0.6) is 0 Å². The third kappa shape index (κ3) is 5.03. The summed E-state index contributed by atoms with van der Waals surface area (Å²) in [5.41, 5.74) is 4.25. The van der Waals surface area contributed by atoms with Crippen LogP contribution in [0.3, 0.4) is 0 Å². The zero-order valence-corrected chi connectivity index (χ0v) is 13.1. The summed E-state index contributed by atoms with van der Waals surface area (Å²) in [6.45, 7) is 9.98. The van der Waals surface area contributed by atoms with Crippen LogP contribution in [0.15, 0.2) is 18.2 Å². The molecular weight excluding hydrogens is 238 g/mol. The molecule has 0 aromatic heterocycles. The Bertz CT molecular complexity index is 349. The van der Waals surface area contributed by atoms with Crippen molar-refractivity contribution in [2.45, 2.75) is 46.6 Å². The maximum absolute atomic E-state index is 3.69. The summed E-state index contributed by atoms with van der Waals surface area (Å²) < 4.78 is 0. The summed E-state index contributed by atoms with van der Waals surface area (Å²) in [5.74, 6) is 2.44. The normalized spacial score (nSPS) is 12.7. The van der Waals surface area contributed by atoms with E-state index in [1.807, 2.05) is 0 Å². The highest BCUT2D eigenvalue weighted by Gasteiger charge is 2.13. The van der Waals surface area contributed by atoms with Crippen molar-refractivity contribution in [2.75, 3.05) is 18.1 Å². The topological polar surface area (TPSA) is 12.0 Å².